The second-order valence-electron chi connectivity index (χ2n) is 5.67. The van der Waals surface area contributed by atoms with E-state index in [-0.39, 0.29) is 12.5 Å². The van der Waals surface area contributed by atoms with Gasteiger partial charge in [0.1, 0.15) is 5.82 Å². The molecule has 0 saturated heterocycles. The summed E-state index contributed by atoms with van der Waals surface area (Å²) in [5.41, 5.74) is 9.65. The number of methoxy groups -OCH3 is 1. The van der Waals surface area contributed by atoms with Crippen LogP contribution in [0.5, 0.6) is 11.5 Å². The zero-order valence-corrected chi connectivity index (χ0v) is 17.0. The van der Waals surface area contributed by atoms with Crippen molar-refractivity contribution in [3.05, 3.63) is 58.4 Å². The summed E-state index contributed by atoms with van der Waals surface area (Å²) >= 11 is 7.38. The van der Waals surface area contributed by atoms with Crippen LogP contribution in [0, 0.1) is 0 Å². The molecule has 0 aliphatic rings. The highest BCUT2D eigenvalue weighted by Crippen LogP contribution is 2.28. The third-order valence-electron chi connectivity index (χ3n) is 3.59. The molecule has 0 fully saturated rings. The number of nitrogen functional groups attached to an aromatic ring is 1. The van der Waals surface area contributed by atoms with Gasteiger partial charge in [0.2, 0.25) is 5.13 Å². The summed E-state index contributed by atoms with van der Waals surface area (Å²) in [7, 11) is 1.52. The van der Waals surface area contributed by atoms with Crippen molar-refractivity contribution in [3.8, 4) is 11.5 Å². The molecule has 1 heterocycles. The van der Waals surface area contributed by atoms with Gasteiger partial charge in [-0.15, -0.1) is 11.3 Å². The number of hydrogen-bond acceptors (Lipinski definition) is 8. The first-order valence-corrected chi connectivity index (χ1v) is 9.66. The zero-order valence-electron chi connectivity index (χ0n) is 15.4. The van der Waals surface area contributed by atoms with Crippen molar-refractivity contribution < 1.29 is 14.3 Å². The second-order valence-corrected chi connectivity index (χ2v) is 6.94. The molecule has 0 radical (unpaired) electrons. The van der Waals surface area contributed by atoms with Crippen LogP contribution in [0.1, 0.15) is 5.56 Å². The molecule has 10 heteroatoms. The standard InChI is InChI=1S/C19H18ClN5O3S/c1-27-16-8-12(9-22-25-19-24-17(21)11-29-19)6-7-15(16)28-10-18(26)23-14-5-3-2-4-13(14)20/h2-9,11H,10,21H2,1H3,(H,23,26)(H,24,25). The van der Waals surface area contributed by atoms with E-state index in [1.54, 1.807) is 54.1 Å². The predicted molar refractivity (Wildman–Crippen MR) is 116 cm³/mol. The Kier molecular flexibility index (Phi) is 6.88. The Labute approximate surface area is 176 Å². The number of halogens is 1. The van der Waals surface area contributed by atoms with Gasteiger partial charge in [0.15, 0.2) is 18.1 Å². The maximum Gasteiger partial charge on any atom is 0.262 e. The first-order valence-electron chi connectivity index (χ1n) is 8.40. The molecule has 2 aromatic carbocycles. The second kappa shape index (κ2) is 9.76. The fraction of sp³-hybridized carbons (Fsp3) is 0.105. The van der Waals surface area contributed by atoms with Crippen LogP contribution in [0.2, 0.25) is 5.02 Å². The van der Waals surface area contributed by atoms with Crippen LogP contribution >= 0.6 is 22.9 Å². The van der Waals surface area contributed by atoms with Crippen molar-refractivity contribution in [2.24, 2.45) is 5.10 Å². The van der Waals surface area contributed by atoms with Crippen LogP contribution in [0.25, 0.3) is 0 Å². The van der Waals surface area contributed by atoms with E-state index in [1.807, 2.05) is 0 Å². The summed E-state index contributed by atoms with van der Waals surface area (Å²) in [6.45, 7) is -0.192. The summed E-state index contributed by atoms with van der Waals surface area (Å²) in [5, 5.41) is 9.56. The van der Waals surface area contributed by atoms with E-state index in [9.17, 15) is 4.79 Å². The van der Waals surface area contributed by atoms with Gasteiger partial charge in [-0.05, 0) is 35.9 Å². The number of hydrogen-bond donors (Lipinski definition) is 3. The molecule has 0 aliphatic carbocycles. The highest BCUT2D eigenvalue weighted by Gasteiger charge is 2.10. The lowest BCUT2D eigenvalue weighted by molar-refractivity contribution is -0.118. The predicted octanol–water partition coefficient (Wildman–Crippen LogP) is 3.85. The Balaban J connectivity index is 1.58. The number of rotatable bonds is 8. The topological polar surface area (TPSA) is 111 Å². The van der Waals surface area contributed by atoms with Crippen LogP contribution in [0.15, 0.2) is 52.9 Å². The Hall–Kier alpha value is -3.30. The highest BCUT2D eigenvalue weighted by molar-refractivity contribution is 7.14. The number of nitrogens with two attached hydrogens (primary N) is 1. The highest BCUT2D eigenvalue weighted by atomic mass is 35.5. The van der Waals surface area contributed by atoms with E-state index >= 15 is 0 Å². The number of nitrogens with one attached hydrogen (secondary N) is 2. The number of aromatic nitrogens is 1. The molecule has 29 heavy (non-hydrogen) atoms. The average molecular weight is 432 g/mol. The number of ether oxygens (including phenoxy) is 2. The van der Waals surface area contributed by atoms with E-state index < -0.39 is 0 Å². The van der Waals surface area contributed by atoms with Gasteiger partial charge in [-0.1, -0.05) is 23.7 Å². The van der Waals surface area contributed by atoms with E-state index in [4.69, 9.17) is 26.8 Å². The molecule has 4 N–H and O–H groups in total. The van der Waals surface area contributed by atoms with E-state index in [1.165, 1.54) is 18.4 Å². The Morgan fingerprint density at radius 2 is 2.14 bits per heavy atom. The Morgan fingerprint density at radius 3 is 2.86 bits per heavy atom. The molecule has 3 rings (SSSR count). The molecular weight excluding hydrogens is 414 g/mol. The van der Waals surface area contributed by atoms with Crippen molar-refractivity contribution in [2.75, 3.05) is 30.2 Å². The Bertz CT molecular complexity index is 1020. The number of para-hydroxylation sites is 1. The summed E-state index contributed by atoms with van der Waals surface area (Å²) < 4.78 is 10.9. The minimum absolute atomic E-state index is 0.192. The fourth-order valence-electron chi connectivity index (χ4n) is 2.28. The van der Waals surface area contributed by atoms with Crippen LogP contribution in [0.3, 0.4) is 0 Å². The van der Waals surface area contributed by atoms with Gasteiger partial charge in [0.05, 0.1) is 24.0 Å². The minimum Gasteiger partial charge on any atom is -0.493 e. The first-order chi connectivity index (χ1) is 14.0. The number of carbonyl (C=O) groups excluding carboxylic acids is 1. The first kappa shape index (κ1) is 20.4. The molecule has 0 bridgehead atoms. The fourth-order valence-corrected chi connectivity index (χ4v) is 3.01. The largest absolute Gasteiger partial charge is 0.493 e. The smallest absolute Gasteiger partial charge is 0.262 e. The number of nitrogens with zero attached hydrogens (tertiary/aromatic N) is 2. The van der Waals surface area contributed by atoms with Crippen molar-refractivity contribution in [3.63, 3.8) is 0 Å². The molecule has 1 aromatic heterocycles. The average Bonchev–Trinajstić information content (AvgIpc) is 3.13. The van der Waals surface area contributed by atoms with Gasteiger partial charge in [-0.3, -0.25) is 10.2 Å². The molecule has 1 amide bonds. The SMILES string of the molecule is COc1cc(C=NNc2nc(N)cs2)ccc1OCC(=O)Nc1ccccc1Cl. The summed E-state index contributed by atoms with van der Waals surface area (Å²) in [6, 6.07) is 12.2. The van der Waals surface area contributed by atoms with Gasteiger partial charge in [-0.25, -0.2) is 4.98 Å². The quantitative estimate of drug-likeness (QED) is 0.369. The molecule has 8 nitrogen and oxygen atoms in total. The van der Waals surface area contributed by atoms with Crippen LogP contribution in [-0.4, -0.2) is 30.8 Å². The number of hydrazone groups is 1. The number of anilines is 3. The van der Waals surface area contributed by atoms with Crippen LogP contribution in [-0.2, 0) is 4.79 Å². The number of thiazole rings is 1. The van der Waals surface area contributed by atoms with Gasteiger partial charge in [-0.2, -0.15) is 5.10 Å². The van der Waals surface area contributed by atoms with E-state index in [2.05, 4.69) is 20.8 Å². The van der Waals surface area contributed by atoms with Crippen molar-refractivity contribution >= 4 is 51.7 Å². The zero-order chi connectivity index (χ0) is 20.6. The number of benzene rings is 2. The molecular formula is C19H18ClN5O3S. The molecule has 0 unspecified atom stereocenters. The van der Waals surface area contributed by atoms with Crippen molar-refractivity contribution in [1.29, 1.82) is 0 Å². The monoisotopic (exact) mass is 431 g/mol. The third-order valence-corrected chi connectivity index (χ3v) is 4.68. The van der Waals surface area contributed by atoms with Crippen molar-refractivity contribution in [2.45, 2.75) is 0 Å². The summed E-state index contributed by atoms with van der Waals surface area (Å²) in [6.07, 6.45) is 1.61. The maximum absolute atomic E-state index is 12.1. The minimum atomic E-state index is -0.335. The van der Waals surface area contributed by atoms with Crippen LogP contribution < -0.4 is 25.9 Å². The van der Waals surface area contributed by atoms with E-state index in [0.717, 1.165) is 5.56 Å². The Morgan fingerprint density at radius 1 is 1.31 bits per heavy atom. The molecule has 0 aliphatic heterocycles. The van der Waals surface area contributed by atoms with Gasteiger partial charge >= 0.3 is 0 Å². The number of carbonyl (C=O) groups is 1. The van der Waals surface area contributed by atoms with Gasteiger partial charge in [0.25, 0.3) is 5.91 Å². The van der Waals surface area contributed by atoms with Gasteiger partial charge in [0, 0.05) is 5.38 Å². The van der Waals surface area contributed by atoms with E-state index in [0.29, 0.717) is 33.2 Å². The van der Waals surface area contributed by atoms with Crippen molar-refractivity contribution in [1.82, 2.24) is 4.98 Å². The molecule has 0 saturated carbocycles. The summed E-state index contributed by atoms with van der Waals surface area (Å²) in [4.78, 5) is 16.2. The third kappa shape index (κ3) is 5.84. The summed E-state index contributed by atoms with van der Waals surface area (Å²) in [5.74, 6) is 1.00. The normalized spacial score (nSPS) is 10.7. The number of amides is 1. The molecule has 3 aromatic rings. The lowest BCUT2D eigenvalue weighted by atomic mass is 10.2. The maximum atomic E-state index is 12.1. The lowest BCUT2D eigenvalue weighted by Gasteiger charge is -2.12. The van der Waals surface area contributed by atoms with Gasteiger partial charge < -0.3 is 20.5 Å². The molecule has 0 atom stereocenters. The lowest BCUT2D eigenvalue weighted by Crippen LogP contribution is -2.20. The molecule has 0 spiro atoms. The van der Waals surface area contributed by atoms with Crippen LogP contribution in [0.4, 0.5) is 16.6 Å². The molecule has 150 valence electrons.